The summed E-state index contributed by atoms with van der Waals surface area (Å²) in [4.78, 5) is 2.40. The van der Waals surface area contributed by atoms with Crippen molar-refractivity contribution in [3.8, 4) is 6.07 Å². The Bertz CT molecular complexity index is 820. The summed E-state index contributed by atoms with van der Waals surface area (Å²) in [6.45, 7) is 1.96. The summed E-state index contributed by atoms with van der Waals surface area (Å²) in [5.74, 6) is -0.551. The molecule has 2 heterocycles. The molecule has 0 amide bonds. The summed E-state index contributed by atoms with van der Waals surface area (Å²) >= 11 is 0. The van der Waals surface area contributed by atoms with Crippen molar-refractivity contribution < 1.29 is 14.2 Å². The molecule has 2 fully saturated rings. The van der Waals surface area contributed by atoms with Crippen LogP contribution in [0.3, 0.4) is 0 Å². The molecule has 0 spiro atoms. The van der Waals surface area contributed by atoms with E-state index in [2.05, 4.69) is 17.0 Å². The predicted molar refractivity (Wildman–Crippen MR) is 94.6 cm³/mol. The molecule has 2 bridgehead atoms. The van der Waals surface area contributed by atoms with Gasteiger partial charge in [0.15, 0.2) is 0 Å². The SMILES string of the molecule is N#Cc1cc(C2(O)CC3COCC(C2)N3Cc2ccccc2)ccc1F. The van der Waals surface area contributed by atoms with Gasteiger partial charge in [0.05, 0.1) is 24.4 Å². The summed E-state index contributed by atoms with van der Waals surface area (Å²) in [7, 11) is 0. The average molecular weight is 352 g/mol. The predicted octanol–water partition coefficient (Wildman–Crippen LogP) is 2.95. The highest BCUT2D eigenvalue weighted by Gasteiger charge is 2.47. The Morgan fingerprint density at radius 3 is 2.50 bits per heavy atom. The van der Waals surface area contributed by atoms with Gasteiger partial charge in [0.25, 0.3) is 0 Å². The van der Waals surface area contributed by atoms with Gasteiger partial charge in [0, 0.05) is 18.6 Å². The molecule has 2 aliphatic rings. The molecule has 2 aliphatic heterocycles. The fourth-order valence-corrected chi connectivity index (χ4v) is 4.23. The number of fused-ring (bicyclic) bond motifs is 2. The van der Waals surface area contributed by atoms with E-state index < -0.39 is 11.4 Å². The van der Waals surface area contributed by atoms with Crippen LogP contribution in [0.1, 0.15) is 29.5 Å². The lowest BCUT2D eigenvalue weighted by molar-refractivity contribution is -0.149. The lowest BCUT2D eigenvalue weighted by Crippen LogP contribution is -2.60. The van der Waals surface area contributed by atoms with Crippen molar-refractivity contribution in [3.05, 3.63) is 71.0 Å². The van der Waals surface area contributed by atoms with Crippen LogP contribution in [0, 0.1) is 17.1 Å². The van der Waals surface area contributed by atoms with Gasteiger partial charge >= 0.3 is 0 Å². The smallest absolute Gasteiger partial charge is 0.140 e. The van der Waals surface area contributed by atoms with E-state index in [9.17, 15) is 9.50 Å². The van der Waals surface area contributed by atoms with Crippen molar-refractivity contribution in [2.75, 3.05) is 13.2 Å². The third-order valence-corrected chi connectivity index (χ3v) is 5.54. The van der Waals surface area contributed by atoms with E-state index >= 15 is 0 Å². The van der Waals surface area contributed by atoms with Crippen molar-refractivity contribution in [2.45, 2.75) is 37.1 Å². The minimum absolute atomic E-state index is 0.0240. The molecule has 0 aromatic heterocycles. The summed E-state index contributed by atoms with van der Waals surface area (Å²) < 4.78 is 19.4. The number of nitriles is 1. The number of hydrogen-bond donors (Lipinski definition) is 1. The lowest BCUT2D eigenvalue weighted by Gasteiger charge is -2.52. The number of rotatable bonds is 3. The van der Waals surface area contributed by atoms with Crippen LogP contribution in [0.2, 0.25) is 0 Å². The Labute approximate surface area is 152 Å². The quantitative estimate of drug-likeness (QED) is 0.923. The van der Waals surface area contributed by atoms with Gasteiger partial charge in [-0.3, -0.25) is 4.90 Å². The van der Waals surface area contributed by atoms with E-state index in [-0.39, 0.29) is 17.6 Å². The second-order valence-electron chi connectivity index (χ2n) is 7.25. The Kier molecular flexibility index (Phi) is 4.49. The Hall–Kier alpha value is -2.26. The largest absolute Gasteiger partial charge is 0.385 e. The number of benzene rings is 2. The van der Waals surface area contributed by atoms with E-state index in [1.807, 2.05) is 24.3 Å². The first-order valence-electron chi connectivity index (χ1n) is 8.89. The molecule has 0 aliphatic carbocycles. The van der Waals surface area contributed by atoms with Gasteiger partial charge in [-0.05, 0) is 36.1 Å². The van der Waals surface area contributed by atoms with Crippen molar-refractivity contribution in [1.29, 1.82) is 5.26 Å². The molecule has 5 heteroatoms. The van der Waals surface area contributed by atoms with Crippen molar-refractivity contribution >= 4 is 0 Å². The van der Waals surface area contributed by atoms with E-state index in [1.54, 1.807) is 6.07 Å². The highest BCUT2D eigenvalue weighted by Crippen LogP contribution is 2.41. The first-order valence-corrected chi connectivity index (χ1v) is 8.89. The second kappa shape index (κ2) is 6.81. The van der Waals surface area contributed by atoms with E-state index in [0.29, 0.717) is 31.6 Å². The molecule has 2 aromatic rings. The van der Waals surface area contributed by atoms with E-state index in [0.717, 1.165) is 6.54 Å². The minimum atomic E-state index is -1.06. The highest BCUT2D eigenvalue weighted by atomic mass is 19.1. The molecule has 26 heavy (non-hydrogen) atoms. The van der Waals surface area contributed by atoms with Gasteiger partial charge in [0.2, 0.25) is 0 Å². The van der Waals surface area contributed by atoms with Crippen LogP contribution in [0.15, 0.2) is 48.5 Å². The molecule has 2 unspecified atom stereocenters. The molecule has 4 nitrogen and oxygen atoms in total. The van der Waals surface area contributed by atoms with Gasteiger partial charge < -0.3 is 9.84 Å². The van der Waals surface area contributed by atoms with Crippen LogP contribution in [0.5, 0.6) is 0 Å². The fourth-order valence-electron chi connectivity index (χ4n) is 4.23. The molecule has 1 N–H and O–H groups in total. The van der Waals surface area contributed by atoms with Crippen LogP contribution in [0.25, 0.3) is 0 Å². The molecule has 2 atom stereocenters. The van der Waals surface area contributed by atoms with Crippen molar-refractivity contribution in [2.24, 2.45) is 0 Å². The van der Waals surface area contributed by atoms with Gasteiger partial charge in [-0.2, -0.15) is 5.26 Å². The zero-order chi connectivity index (χ0) is 18.1. The molecule has 2 saturated heterocycles. The van der Waals surface area contributed by atoms with Gasteiger partial charge in [-0.1, -0.05) is 36.4 Å². The van der Waals surface area contributed by atoms with Crippen LogP contribution >= 0.6 is 0 Å². The summed E-state index contributed by atoms with van der Waals surface area (Å²) in [5, 5.41) is 20.4. The van der Waals surface area contributed by atoms with Crippen LogP contribution in [0.4, 0.5) is 4.39 Å². The maximum Gasteiger partial charge on any atom is 0.140 e. The van der Waals surface area contributed by atoms with Crippen molar-refractivity contribution in [3.63, 3.8) is 0 Å². The van der Waals surface area contributed by atoms with Crippen molar-refractivity contribution in [1.82, 2.24) is 4.90 Å². The van der Waals surface area contributed by atoms with Crippen LogP contribution in [-0.2, 0) is 16.9 Å². The summed E-state index contributed by atoms with van der Waals surface area (Å²) in [6, 6.07) is 16.7. The number of piperidine rings is 1. The highest BCUT2D eigenvalue weighted by molar-refractivity contribution is 5.37. The van der Waals surface area contributed by atoms with Gasteiger partial charge in [-0.15, -0.1) is 0 Å². The van der Waals surface area contributed by atoms with Crippen LogP contribution < -0.4 is 0 Å². The van der Waals surface area contributed by atoms with E-state index in [4.69, 9.17) is 10.00 Å². The number of nitrogens with zero attached hydrogens (tertiary/aromatic N) is 2. The first kappa shape index (κ1) is 17.2. The second-order valence-corrected chi connectivity index (χ2v) is 7.25. The molecule has 0 radical (unpaired) electrons. The maximum absolute atomic E-state index is 13.7. The zero-order valence-electron chi connectivity index (χ0n) is 14.4. The summed E-state index contributed by atoms with van der Waals surface area (Å²) in [6.07, 6.45) is 1.01. The monoisotopic (exact) mass is 352 g/mol. The average Bonchev–Trinajstić information content (AvgIpc) is 2.64. The van der Waals surface area contributed by atoms with Crippen LogP contribution in [-0.4, -0.2) is 35.3 Å². The van der Waals surface area contributed by atoms with E-state index in [1.165, 1.54) is 17.7 Å². The lowest BCUT2D eigenvalue weighted by atomic mass is 9.76. The molecule has 4 rings (SSSR count). The third kappa shape index (κ3) is 3.12. The number of morpholine rings is 1. The molecular formula is C21H21FN2O2. The minimum Gasteiger partial charge on any atom is -0.385 e. The third-order valence-electron chi connectivity index (χ3n) is 5.54. The molecular weight excluding hydrogens is 331 g/mol. The van der Waals surface area contributed by atoms with Gasteiger partial charge in [0.1, 0.15) is 11.9 Å². The number of halogens is 1. The fraction of sp³-hybridized carbons (Fsp3) is 0.381. The Morgan fingerprint density at radius 1 is 1.15 bits per heavy atom. The number of ether oxygens (including phenoxy) is 1. The normalized spacial score (nSPS) is 28.5. The summed E-state index contributed by atoms with van der Waals surface area (Å²) in [5.41, 5.74) is 0.769. The van der Waals surface area contributed by atoms with Gasteiger partial charge in [-0.25, -0.2) is 4.39 Å². The maximum atomic E-state index is 13.7. The Balaban J connectivity index is 1.60. The number of hydrogen-bond acceptors (Lipinski definition) is 4. The Morgan fingerprint density at radius 2 is 1.85 bits per heavy atom. The molecule has 0 saturated carbocycles. The number of aliphatic hydroxyl groups is 1. The topological polar surface area (TPSA) is 56.5 Å². The first-order chi connectivity index (χ1) is 12.6. The zero-order valence-corrected chi connectivity index (χ0v) is 14.4. The standard InChI is InChI=1S/C21H21FN2O2/c22-20-7-6-17(8-16(20)11-23)21(25)9-18-13-26-14-19(10-21)24(18)12-15-4-2-1-3-5-15/h1-8,18-19,25H,9-10,12-14H2. The molecule has 2 aromatic carbocycles. The molecule has 134 valence electrons.